The number of hydrogen-bond acceptors (Lipinski definition) is 3. The normalized spacial score (nSPS) is 13.7. The Morgan fingerprint density at radius 2 is 2.00 bits per heavy atom. The summed E-state index contributed by atoms with van der Waals surface area (Å²) in [6, 6.07) is 12.4. The Balaban J connectivity index is 1.69. The lowest BCUT2D eigenvalue weighted by Crippen LogP contribution is -1.91. The van der Waals surface area contributed by atoms with Crippen molar-refractivity contribution in [2.24, 2.45) is 0 Å². The average molecular weight is 301 g/mol. The Morgan fingerprint density at radius 1 is 1.10 bits per heavy atom. The summed E-state index contributed by atoms with van der Waals surface area (Å²) >= 11 is 7.79. The maximum absolute atomic E-state index is 6.19. The molecule has 0 bridgehead atoms. The van der Waals surface area contributed by atoms with E-state index in [-0.39, 0.29) is 0 Å². The molecular formula is C16H13ClN2S. The van der Waals surface area contributed by atoms with E-state index in [1.807, 2.05) is 18.2 Å². The molecule has 100 valence electrons. The SMILES string of the molecule is Clc1cccc2nc(Nc3ccc4c(c3)CCC4)sc12. The molecule has 0 fully saturated rings. The van der Waals surface area contributed by atoms with E-state index < -0.39 is 0 Å². The Labute approximate surface area is 126 Å². The smallest absolute Gasteiger partial charge is 0.188 e. The summed E-state index contributed by atoms with van der Waals surface area (Å²) in [5, 5.41) is 5.06. The molecule has 1 heterocycles. The van der Waals surface area contributed by atoms with Crippen LogP contribution < -0.4 is 5.32 Å². The minimum atomic E-state index is 0.766. The van der Waals surface area contributed by atoms with Crippen molar-refractivity contribution in [3.05, 3.63) is 52.5 Å². The molecule has 0 saturated carbocycles. The molecule has 0 aliphatic heterocycles. The zero-order valence-corrected chi connectivity index (χ0v) is 12.4. The Bertz CT molecular complexity index is 794. The molecule has 1 aliphatic carbocycles. The monoisotopic (exact) mass is 300 g/mol. The second-order valence-corrected chi connectivity index (χ2v) is 6.48. The summed E-state index contributed by atoms with van der Waals surface area (Å²) < 4.78 is 1.04. The third-order valence-electron chi connectivity index (χ3n) is 3.72. The number of halogens is 1. The van der Waals surface area contributed by atoms with E-state index in [1.165, 1.54) is 30.4 Å². The van der Waals surface area contributed by atoms with Crippen LogP contribution >= 0.6 is 22.9 Å². The highest BCUT2D eigenvalue weighted by molar-refractivity contribution is 7.22. The highest BCUT2D eigenvalue weighted by Crippen LogP contribution is 2.34. The van der Waals surface area contributed by atoms with Crippen molar-refractivity contribution in [2.45, 2.75) is 19.3 Å². The predicted molar refractivity (Wildman–Crippen MR) is 86.4 cm³/mol. The van der Waals surface area contributed by atoms with Crippen LogP contribution in [0.1, 0.15) is 17.5 Å². The van der Waals surface area contributed by atoms with Gasteiger partial charge in [-0.05, 0) is 54.7 Å². The molecule has 0 radical (unpaired) electrons. The molecule has 3 aromatic rings. The van der Waals surface area contributed by atoms with Gasteiger partial charge in [0.1, 0.15) is 0 Å². The Morgan fingerprint density at radius 3 is 2.90 bits per heavy atom. The average Bonchev–Trinajstić information content (AvgIpc) is 3.05. The summed E-state index contributed by atoms with van der Waals surface area (Å²) in [7, 11) is 0. The summed E-state index contributed by atoms with van der Waals surface area (Å²) in [4.78, 5) is 4.59. The van der Waals surface area contributed by atoms with Crippen LogP contribution in [0.25, 0.3) is 10.2 Å². The van der Waals surface area contributed by atoms with Crippen molar-refractivity contribution in [2.75, 3.05) is 5.32 Å². The summed E-state index contributed by atoms with van der Waals surface area (Å²) in [6.45, 7) is 0. The maximum Gasteiger partial charge on any atom is 0.188 e. The zero-order valence-electron chi connectivity index (χ0n) is 10.8. The fraction of sp³-hybridized carbons (Fsp3) is 0.188. The van der Waals surface area contributed by atoms with Crippen molar-refractivity contribution in [1.82, 2.24) is 4.98 Å². The molecule has 4 heteroatoms. The van der Waals surface area contributed by atoms with Crippen molar-refractivity contribution >= 4 is 44.0 Å². The van der Waals surface area contributed by atoms with Gasteiger partial charge in [0.15, 0.2) is 5.13 Å². The predicted octanol–water partition coefficient (Wildman–Crippen LogP) is 5.18. The van der Waals surface area contributed by atoms with Gasteiger partial charge in [0.2, 0.25) is 0 Å². The number of aryl methyl sites for hydroxylation is 2. The molecular weight excluding hydrogens is 288 g/mol. The van der Waals surface area contributed by atoms with E-state index in [0.717, 1.165) is 26.1 Å². The fourth-order valence-corrected chi connectivity index (χ4v) is 3.92. The summed E-state index contributed by atoms with van der Waals surface area (Å²) in [5.41, 5.74) is 5.02. The number of anilines is 2. The number of aromatic nitrogens is 1. The first-order valence-electron chi connectivity index (χ1n) is 6.73. The van der Waals surface area contributed by atoms with Crippen LogP contribution in [0.5, 0.6) is 0 Å². The Hall–Kier alpha value is -1.58. The molecule has 2 nitrogen and oxygen atoms in total. The maximum atomic E-state index is 6.19. The van der Waals surface area contributed by atoms with Crippen molar-refractivity contribution in [3.8, 4) is 0 Å². The number of fused-ring (bicyclic) bond motifs is 2. The van der Waals surface area contributed by atoms with E-state index >= 15 is 0 Å². The lowest BCUT2D eigenvalue weighted by molar-refractivity contribution is 0.912. The van der Waals surface area contributed by atoms with Gasteiger partial charge in [-0.3, -0.25) is 0 Å². The van der Waals surface area contributed by atoms with Gasteiger partial charge in [-0.15, -0.1) is 0 Å². The molecule has 1 aliphatic rings. The minimum Gasteiger partial charge on any atom is -0.332 e. The van der Waals surface area contributed by atoms with Gasteiger partial charge in [0.05, 0.1) is 15.2 Å². The molecule has 20 heavy (non-hydrogen) atoms. The molecule has 0 atom stereocenters. The van der Waals surface area contributed by atoms with Crippen LogP contribution in [0.2, 0.25) is 5.02 Å². The lowest BCUT2D eigenvalue weighted by Gasteiger charge is -2.05. The number of hydrogen-bond donors (Lipinski definition) is 1. The van der Waals surface area contributed by atoms with Gasteiger partial charge < -0.3 is 5.32 Å². The Kier molecular flexibility index (Phi) is 2.90. The van der Waals surface area contributed by atoms with Gasteiger partial charge in [-0.2, -0.15) is 0 Å². The lowest BCUT2D eigenvalue weighted by atomic mass is 10.1. The highest BCUT2D eigenvalue weighted by Gasteiger charge is 2.12. The minimum absolute atomic E-state index is 0.766. The van der Waals surface area contributed by atoms with E-state index in [2.05, 4.69) is 28.5 Å². The van der Waals surface area contributed by atoms with Gasteiger partial charge in [0.25, 0.3) is 0 Å². The first-order chi connectivity index (χ1) is 9.79. The fourth-order valence-electron chi connectivity index (χ4n) is 2.74. The van der Waals surface area contributed by atoms with Crippen molar-refractivity contribution < 1.29 is 0 Å². The molecule has 1 aromatic heterocycles. The van der Waals surface area contributed by atoms with Gasteiger partial charge in [-0.25, -0.2) is 4.98 Å². The van der Waals surface area contributed by atoms with E-state index in [4.69, 9.17) is 11.6 Å². The third kappa shape index (κ3) is 2.07. The number of benzene rings is 2. The van der Waals surface area contributed by atoms with Crippen LogP contribution in [0.3, 0.4) is 0 Å². The van der Waals surface area contributed by atoms with Crippen LogP contribution in [0.15, 0.2) is 36.4 Å². The molecule has 0 saturated heterocycles. The van der Waals surface area contributed by atoms with E-state index in [0.29, 0.717) is 0 Å². The number of thiazole rings is 1. The molecule has 2 aromatic carbocycles. The van der Waals surface area contributed by atoms with Crippen LogP contribution in [-0.4, -0.2) is 4.98 Å². The second-order valence-electron chi connectivity index (χ2n) is 5.07. The summed E-state index contributed by atoms with van der Waals surface area (Å²) in [6.07, 6.45) is 3.68. The highest BCUT2D eigenvalue weighted by atomic mass is 35.5. The van der Waals surface area contributed by atoms with Gasteiger partial charge in [0, 0.05) is 5.69 Å². The van der Waals surface area contributed by atoms with Gasteiger partial charge in [-0.1, -0.05) is 35.1 Å². The zero-order chi connectivity index (χ0) is 13.5. The first kappa shape index (κ1) is 12.2. The molecule has 0 spiro atoms. The van der Waals surface area contributed by atoms with E-state index in [9.17, 15) is 0 Å². The molecule has 4 rings (SSSR count). The number of rotatable bonds is 2. The first-order valence-corrected chi connectivity index (χ1v) is 7.93. The van der Waals surface area contributed by atoms with Crippen LogP contribution in [0, 0.1) is 0 Å². The van der Waals surface area contributed by atoms with Gasteiger partial charge >= 0.3 is 0 Å². The number of nitrogens with zero attached hydrogens (tertiary/aromatic N) is 1. The standard InChI is InChI=1S/C16H13ClN2S/c17-13-5-2-6-14-15(13)20-16(19-14)18-12-8-7-10-3-1-4-11(10)9-12/h2,5-9H,1,3-4H2,(H,18,19). The van der Waals surface area contributed by atoms with Crippen LogP contribution in [-0.2, 0) is 12.8 Å². The van der Waals surface area contributed by atoms with E-state index in [1.54, 1.807) is 11.3 Å². The van der Waals surface area contributed by atoms with Crippen molar-refractivity contribution in [3.63, 3.8) is 0 Å². The second kappa shape index (κ2) is 4.76. The van der Waals surface area contributed by atoms with Crippen LogP contribution in [0.4, 0.5) is 10.8 Å². The summed E-state index contributed by atoms with van der Waals surface area (Å²) in [5.74, 6) is 0. The third-order valence-corrected chi connectivity index (χ3v) is 5.16. The number of nitrogens with one attached hydrogen (secondary N) is 1. The quantitative estimate of drug-likeness (QED) is 0.705. The molecule has 1 N–H and O–H groups in total. The molecule has 0 unspecified atom stereocenters. The molecule has 0 amide bonds. The topological polar surface area (TPSA) is 24.9 Å². The largest absolute Gasteiger partial charge is 0.332 e. The van der Waals surface area contributed by atoms with Crippen molar-refractivity contribution in [1.29, 1.82) is 0 Å².